The SMILES string of the molecule is COc1ccc(CCC2CCCCN2C(=O)C(C)C)cc1OC. The molecule has 1 aliphatic heterocycles. The van der Waals surface area contributed by atoms with Crippen LogP contribution in [0.5, 0.6) is 11.5 Å². The normalized spacial score (nSPS) is 18.1. The zero-order valence-electron chi connectivity index (χ0n) is 14.8. The first-order valence-electron chi connectivity index (χ1n) is 8.58. The van der Waals surface area contributed by atoms with Gasteiger partial charge in [-0.15, -0.1) is 0 Å². The lowest BCUT2D eigenvalue weighted by Gasteiger charge is -2.37. The number of likely N-dealkylation sites (tertiary alicyclic amines) is 1. The van der Waals surface area contributed by atoms with E-state index in [0.29, 0.717) is 11.9 Å². The molecular weight excluding hydrogens is 290 g/mol. The van der Waals surface area contributed by atoms with E-state index >= 15 is 0 Å². The van der Waals surface area contributed by atoms with E-state index in [-0.39, 0.29) is 5.92 Å². The van der Waals surface area contributed by atoms with Crippen molar-refractivity contribution in [2.24, 2.45) is 5.92 Å². The topological polar surface area (TPSA) is 38.8 Å². The lowest BCUT2D eigenvalue weighted by molar-refractivity contribution is -0.138. The fraction of sp³-hybridized carbons (Fsp3) is 0.632. The quantitative estimate of drug-likeness (QED) is 0.803. The third kappa shape index (κ3) is 4.40. The van der Waals surface area contributed by atoms with Gasteiger partial charge >= 0.3 is 0 Å². The maximum atomic E-state index is 12.4. The lowest BCUT2D eigenvalue weighted by atomic mass is 9.94. The number of methoxy groups -OCH3 is 2. The van der Waals surface area contributed by atoms with Crippen LogP contribution >= 0.6 is 0 Å². The van der Waals surface area contributed by atoms with Gasteiger partial charge in [0, 0.05) is 18.5 Å². The van der Waals surface area contributed by atoms with Gasteiger partial charge in [-0.2, -0.15) is 0 Å². The Morgan fingerprint density at radius 3 is 2.61 bits per heavy atom. The number of piperidine rings is 1. The standard InChI is InChI=1S/C19H29NO3/c1-14(2)19(21)20-12-6-5-7-16(20)10-8-15-9-11-17(22-3)18(13-15)23-4/h9,11,13-14,16H,5-8,10,12H2,1-4H3. The Labute approximate surface area is 139 Å². The highest BCUT2D eigenvalue weighted by molar-refractivity contribution is 5.78. The van der Waals surface area contributed by atoms with Crippen LogP contribution in [0.2, 0.25) is 0 Å². The predicted octanol–water partition coefficient (Wildman–Crippen LogP) is 3.67. The lowest BCUT2D eigenvalue weighted by Crippen LogP contribution is -2.45. The second kappa shape index (κ2) is 8.23. The molecule has 1 heterocycles. The molecule has 1 amide bonds. The molecule has 1 saturated heterocycles. The molecule has 23 heavy (non-hydrogen) atoms. The van der Waals surface area contributed by atoms with Crippen molar-refractivity contribution in [1.29, 1.82) is 0 Å². The molecule has 0 aromatic heterocycles. The van der Waals surface area contributed by atoms with Crippen molar-refractivity contribution in [2.45, 2.75) is 52.0 Å². The van der Waals surface area contributed by atoms with Crippen LogP contribution in [0, 0.1) is 5.92 Å². The van der Waals surface area contributed by atoms with Crippen molar-refractivity contribution >= 4 is 5.91 Å². The average Bonchev–Trinajstić information content (AvgIpc) is 2.59. The molecule has 2 rings (SSSR count). The number of carbonyl (C=O) groups is 1. The summed E-state index contributed by atoms with van der Waals surface area (Å²) in [4.78, 5) is 14.5. The third-order valence-electron chi connectivity index (χ3n) is 4.62. The number of benzene rings is 1. The minimum absolute atomic E-state index is 0.0803. The highest BCUT2D eigenvalue weighted by Crippen LogP contribution is 2.29. The number of aryl methyl sites for hydroxylation is 1. The minimum Gasteiger partial charge on any atom is -0.493 e. The zero-order valence-corrected chi connectivity index (χ0v) is 14.8. The summed E-state index contributed by atoms with van der Waals surface area (Å²) >= 11 is 0. The Morgan fingerprint density at radius 2 is 1.96 bits per heavy atom. The molecule has 0 spiro atoms. The Hall–Kier alpha value is -1.71. The van der Waals surface area contributed by atoms with Gasteiger partial charge in [0.15, 0.2) is 11.5 Å². The summed E-state index contributed by atoms with van der Waals surface area (Å²) in [7, 11) is 3.31. The van der Waals surface area contributed by atoms with Gasteiger partial charge in [-0.25, -0.2) is 0 Å². The Morgan fingerprint density at radius 1 is 1.22 bits per heavy atom. The Bertz CT molecular complexity index is 527. The van der Waals surface area contributed by atoms with Crippen LogP contribution in [0.1, 0.15) is 45.1 Å². The Kier molecular flexibility index (Phi) is 6.31. The summed E-state index contributed by atoms with van der Waals surface area (Å²) < 4.78 is 10.7. The molecule has 0 N–H and O–H groups in total. The smallest absolute Gasteiger partial charge is 0.225 e. The van der Waals surface area contributed by atoms with Crippen molar-refractivity contribution in [3.05, 3.63) is 23.8 Å². The minimum atomic E-state index is 0.0803. The summed E-state index contributed by atoms with van der Waals surface area (Å²) in [6.45, 7) is 4.89. The van der Waals surface area contributed by atoms with Crippen molar-refractivity contribution in [1.82, 2.24) is 4.90 Å². The maximum absolute atomic E-state index is 12.4. The maximum Gasteiger partial charge on any atom is 0.225 e. The van der Waals surface area contributed by atoms with Crippen molar-refractivity contribution in [3.8, 4) is 11.5 Å². The number of amides is 1. The van der Waals surface area contributed by atoms with Crippen LogP contribution in [0.4, 0.5) is 0 Å². The van der Waals surface area contributed by atoms with Crippen molar-refractivity contribution in [3.63, 3.8) is 0 Å². The molecule has 1 aromatic carbocycles. The van der Waals surface area contributed by atoms with Crippen LogP contribution in [0.25, 0.3) is 0 Å². The molecule has 1 aliphatic rings. The molecule has 0 saturated carbocycles. The number of rotatable bonds is 6. The van der Waals surface area contributed by atoms with E-state index < -0.39 is 0 Å². The van der Waals surface area contributed by atoms with Gasteiger partial charge in [-0.1, -0.05) is 19.9 Å². The Balaban J connectivity index is 2.02. The summed E-state index contributed by atoms with van der Waals surface area (Å²) in [5.74, 6) is 1.90. The van der Waals surface area contributed by atoms with Gasteiger partial charge in [-0.05, 0) is 49.8 Å². The van der Waals surface area contributed by atoms with Gasteiger partial charge in [0.25, 0.3) is 0 Å². The summed E-state index contributed by atoms with van der Waals surface area (Å²) in [6, 6.07) is 6.44. The van der Waals surface area contributed by atoms with Crippen LogP contribution in [-0.4, -0.2) is 37.6 Å². The van der Waals surface area contributed by atoms with Crippen LogP contribution in [0.3, 0.4) is 0 Å². The highest BCUT2D eigenvalue weighted by atomic mass is 16.5. The number of nitrogens with zero attached hydrogens (tertiary/aromatic N) is 1. The molecule has 1 fully saturated rings. The molecule has 0 aliphatic carbocycles. The fourth-order valence-electron chi connectivity index (χ4n) is 3.29. The van der Waals surface area contributed by atoms with Crippen LogP contribution in [0.15, 0.2) is 18.2 Å². The molecule has 1 atom stereocenters. The average molecular weight is 319 g/mol. The second-order valence-electron chi connectivity index (χ2n) is 6.56. The van der Waals surface area contributed by atoms with Gasteiger partial charge in [0.05, 0.1) is 14.2 Å². The van der Waals surface area contributed by atoms with E-state index in [4.69, 9.17) is 9.47 Å². The third-order valence-corrected chi connectivity index (χ3v) is 4.62. The highest BCUT2D eigenvalue weighted by Gasteiger charge is 2.27. The largest absolute Gasteiger partial charge is 0.493 e. The molecule has 128 valence electrons. The molecule has 4 nitrogen and oxygen atoms in total. The van der Waals surface area contributed by atoms with E-state index in [1.807, 2.05) is 26.0 Å². The van der Waals surface area contributed by atoms with Gasteiger partial charge < -0.3 is 14.4 Å². The van der Waals surface area contributed by atoms with Crippen molar-refractivity contribution < 1.29 is 14.3 Å². The van der Waals surface area contributed by atoms with Gasteiger partial charge in [-0.3, -0.25) is 4.79 Å². The number of ether oxygens (including phenoxy) is 2. The molecule has 0 radical (unpaired) electrons. The number of hydrogen-bond acceptors (Lipinski definition) is 3. The molecular formula is C19H29NO3. The second-order valence-corrected chi connectivity index (χ2v) is 6.56. The van der Waals surface area contributed by atoms with E-state index in [1.165, 1.54) is 12.0 Å². The first kappa shape index (κ1) is 17.6. The monoisotopic (exact) mass is 319 g/mol. The first-order valence-corrected chi connectivity index (χ1v) is 8.58. The zero-order chi connectivity index (χ0) is 16.8. The first-order chi connectivity index (χ1) is 11.1. The molecule has 1 aromatic rings. The van der Waals surface area contributed by atoms with Crippen molar-refractivity contribution in [2.75, 3.05) is 20.8 Å². The summed E-state index contributed by atoms with van der Waals surface area (Å²) in [5.41, 5.74) is 1.23. The summed E-state index contributed by atoms with van der Waals surface area (Å²) in [5, 5.41) is 0. The fourth-order valence-corrected chi connectivity index (χ4v) is 3.29. The van der Waals surface area contributed by atoms with E-state index in [1.54, 1.807) is 14.2 Å². The number of hydrogen-bond donors (Lipinski definition) is 0. The number of carbonyl (C=O) groups excluding carboxylic acids is 1. The van der Waals surface area contributed by atoms with Gasteiger partial charge in [0.1, 0.15) is 0 Å². The predicted molar refractivity (Wildman–Crippen MR) is 92.1 cm³/mol. The molecule has 1 unspecified atom stereocenters. The van der Waals surface area contributed by atoms with Gasteiger partial charge in [0.2, 0.25) is 5.91 Å². The molecule has 4 heteroatoms. The van der Waals surface area contributed by atoms with E-state index in [0.717, 1.165) is 43.7 Å². The van der Waals surface area contributed by atoms with E-state index in [9.17, 15) is 4.79 Å². The summed E-state index contributed by atoms with van der Waals surface area (Å²) in [6.07, 6.45) is 5.43. The molecule has 0 bridgehead atoms. The van der Waals surface area contributed by atoms with Crippen LogP contribution < -0.4 is 9.47 Å². The van der Waals surface area contributed by atoms with Crippen LogP contribution in [-0.2, 0) is 11.2 Å². The van der Waals surface area contributed by atoms with E-state index in [2.05, 4.69) is 11.0 Å².